The van der Waals surface area contributed by atoms with Crippen LogP contribution in [0.15, 0.2) is 46.7 Å². The Bertz CT molecular complexity index is 460. The predicted octanol–water partition coefficient (Wildman–Crippen LogP) is 3.14. The van der Waals surface area contributed by atoms with Gasteiger partial charge in [0, 0.05) is 23.9 Å². The molecule has 0 spiro atoms. The molecule has 4 nitrogen and oxygen atoms in total. The number of nitrogens with one attached hydrogen (secondary N) is 1. The number of carbonyl (C=O) groups excluding carboxylic acids is 2. The highest BCUT2D eigenvalue weighted by Gasteiger charge is 1.99. The van der Waals surface area contributed by atoms with Crippen LogP contribution < -0.4 is 5.32 Å². The first kappa shape index (κ1) is 17.3. The topological polar surface area (TPSA) is 55.4 Å². The van der Waals surface area contributed by atoms with Crippen LogP contribution in [0.4, 0.5) is 0 Å². The van der Waals surface area contributed by atoms with E-state index in [1.165, 1.54) is 24.9 Å². The van der Waals surface area contributed by atoms with Crippen molar-refractivity contribution in [3.8, 4) is 0 Å². The number of carbonyl (C=O) groups is 2. The number of benzene rings is 1. The maximum atomic E-state index is 11.5. The molecule has 0 aliphatic carbocycles. The van der Waals surface area contributed by atoms with Gasteiger partial charge in [-0.1, -0.05) is 36.4 Å². The number of methoxy groups -OCH3 is 1. The van der Waals surface area contributed by atoms with Crippen molar-refractivity contribution >= 4 is 23.6 Å². The molecule has 114 valence electrons. The molecule has 1 aromatic carbocycles. The van der Waals surface area contributed by atoms with E-state index in [2.05, 4.69) is 10.1 Å². The Hall–Kier alpha value is -1.75. The van der Waals surface area contributed by atoms with Crippen LogP contribution in [0.2, 0.25) is 0 Å². The standard InChI is InChI=1S/C16H21NO3S/c1-20-16(19)10-6-3-7-12-17-15(18)11-13-21-14-8-4-2-5-9-14/h2,4-5,8-9,11,13H,3,6-7,10,12H2,1H3,(H,17,18). The van der Waals surface area contributed by atoms with Gasteiger partial charge >= 0.3 is 5.97 Å². The highest BCUT2D eigenvalue weighted by atomic mass is 32.2. The first-order valence-electron chi connectivity index (χ1n) is 6.95. The van der Waals surface area contributed by atoms with E-state index in [1.54, 1.807) is 5.41 Å². The molecule has 0 aliphatic heterocycles. The zero-order valence-electron chi connectivity index (χ0n) is 12.2. The van der Waals surface area contributed by atoms with Gasteiger partial charge in [0.15, 0.2) is 0 Å². The summed E-state index contributed by atoms with van der Waals surface area (Å²) in [5.41, 5.74) is 0. The van der Waals surface area contributed by atoms with E-state index in [4.69, 9.17) is 0 Å². The summed E-state index contributed by atoms with van der Waals surface area (Å²) < 4.78 is 4.56. The second kappa shape index (κ2) is 11.0. The third-order valence-corrected chi connectivity index (χ3v) is 3.57. The molecule has 0 aromatic heterocycles. The van der Waals surface area contributed by atoms with Crippen LogP contribution in [-0.2, 0) is 14.3 Å². The minimum absolute atomic E-state index is 0.0913. The number of hydrogen-bond donors (Lipinski definition) is 1. The van der Waals surface area contributed by atoms with Crippen molar-refractivity contribution in [3.63, 3.8) is 0 Å². The maximum Gasteiger partial charge on any atom is 0.305 e. The zero-order chi connectivity index (χ0) is 15.3. The lowest BCUT2D eigenvalue weighted by molar-refractivity contribution is -0.140. The largest absolute Gasteiger partial charge is 0.469 e. The molecular formula is C16H21NO3S. The molecule has 1 amide bonds. The Kier molecular flexibility index (Phi) is 9.04. The Labute approximate surface area is 130 Å². The summed E-state index contributed by atoms with van der Waals surface area (Å²) in [6.07, 6.45) is 4.53. The Morgan fingerprint density at radius 2 is 1.95 bits per heavy atom. The fraction of sp³-hybridized carbons (Fsp3) is 0.375. The first-order chi connectivity index (χ1) is 10.2. The molecule has 1 aromatic rings. The van der Waals surface area contributed by atoms with Gasteiger partial charge in [-0.3, -0.25) is 9.59 Å². The number of hydrogen-bond acceptors (Lipinski definition) is 4. The molecule has 0 heterocycles. The van der Waals surface area contributed by atoms with Crippen molar-refractivity contribution < 1.29 is 14.3 Å². The van der Waals surface area contributed by atoms with Gasteiger partial charge in [0.2, 0.25) is 5.91 Å². The normalized spacial score (nSPS) is 10.5. The van der Waals surface area contributed by atoms with E-state index in [0.29, 0.717) is 13.0 Å². The Morgan fingerprint density at radius 1 is 1.19 bits per heavy atom. The van der Waals surface area contributed by atoms with Gasteiger partial charge in [0.1, 0.15) is 0 Å². The molecule has 0 fully saturated rings. The number of thioether (sulfide) groups is 1. The van der Waals surface area contributed by atoms with Gasteiger partial charge in [0.25, 0.3) is 0 Å². The maximum absolute atomic E-state index is 11.5. The zero-order valence-corrected chi connectivity index (χ0v) is 13.0. The minimum Gasteiger partial charge on any atom is -0.469 e. The lowest BCUT2D eigenvalue weighted by Gasteiger charge is -2.02. The highest BCUT2D eigenvalue weighted by molar-refractivity contribution is 8.02. The fourth-order valence-corrected chi connectivity index (χ4v) is 2.28. The molecule has 0 radical (unpaired) electrons. The first-order valence-corrected chi connectivity index (χ1v) is 7.83. The number of rotatable bonds is 9. The van der Waals surface area contributed by atoms with Crippen LogP contribution in [0.3, 0.4) is 0 Å². The monoisotopic (exact) mass is 307 g/mol. The SMILES string of the molecule is COC(=O)CCCCCNC(=O)C=CSc1ccccc1. The Morgan fingerprint density at radius 3 is 2.67 bits per heavy atom. The van der Waals surface area contributed by atoms with Crippen molar-refractivity contribution in [2.45, 2.75) is 30.6 Å². The molecule has 1 rings (SSSR count). The van der Waals surface area contributed by atoms with Crippen LogP contribution in [0, 0.1) is 0 Å². The van der Waals surface area contributed by atoms with Gasteiger partial charge in [-0.2, -0.15) is 0 Å². The molecule has 0 saturated carbocycles. The average molecular weight is 307 g/mol. The van der Waals surface area contributed by atoms with E-state index in [1.807, 2.05) is 30.3 Å². The molecule has 0 bridgehead atoms. The lowest BCUT2D eigenvalue weighted by atomic mass is 10.2. The summed E-state index contributed by atoms with van der Waals surface area (Å²) in [6, 6.07) is 9.87. The van der Waals surface area contributed by atoms with Gasteiger partial charge in [0.05, 0.1) is 7.11 Å². The highest BCUT2D eigenvalue weighted by Crippen LogP contribution is 2.17. The summed E-state index contributed by atoms with van der Waals surface area (Å²) in [4.78, 5) is 23.5. The molecule has 0 atom stereocenters. The smallest absolute Gasteiger partial charge is 0.305 e. The number of amides is 1. The van der Waals surface area contributed by atoms with E-state index in [0.717, 1.165) is 24.2 Å². The average Bonchev–Trinajstić information content (AvgIpc) is 2.51. The number of ether oxygens (including phenoxy) is 1. The second-order valence-corrected chi connectivity index (χ2v) is 5.39. The number of unbranched alkanes of at least 4 members (excludes halogenated alkanes) is 2. The van der Waals surface area contributed by atoms with E-state index in [-0.39, 0.29) is 11.9 Å². The van der Waals surface area contributed by atoms with Crippen molar-refractivity contribution in [1.82, 2.24) is 5.32 Å². The predicted molar refractivity (Wildman–Crippen MR) is 84.9 cm³/mol. The van der Waals surface area contributed by atoms with Gasteiger partial charge in [-0.15, -0.1) is 0 Å². The van der Waals surface area contributed by atoms with Gasteiger partial charge in [-0.25, -0.2) is 0 Å². The van der Waals surface area contributed by atoms with Crippen molar-refractivity contribution in [3.05, 3.63) is 41.8 Å². The van der Waals surface area contributed by atoms with Crippen LogP contribution in [0.5, 0.6) is 0 Å². The summed E-state index contributed by atoms with van der Waals surface area (Å²) in [7, 11) is 1.39. The molecule has 21 heavy (non-hydrogen) atoms. The molecule has 0 saturated heterocycles. The van der Waals surface area contributed by atoms with Gasteiger partial charge in [-0.05, 0) is 30.4 Å². The summed E-state index contributed by atoms with van der Waals surface area (Å²) >= 11 is 1.51. The minimum atomic E-state index is -0.181. The summed E-state index contributed by atoms with van der Waals surface area (Å²) in [5.74, 6) is -0.272. The molecule has 0 unspecified atom stereocenters. The van der Waals surface area contributed by atoms with Gasteiger partial charge < -0.3 is 10.1 Å². The third-order valence-electron chi connectivity index (χ3n) is 2.75. The fourth-order valence-electron chi connectivity index (χ4n) is 1.62. The van der Waals surface area contributed by atoms with E-state index >= 15 is 0 Å². The van der Waals surface area contributed by atoms with Crippen LogP contribution in [0.1, 0.15) is 25.7 Å². The van der Waals surface area contributed by atoms with Crippen molar-refractivity contribution in [2.75, 3.05) is 13.7 Å². The summed E-state index contributed by atoms with van der Waals surface area (Å²) in [6.45, 7) is 0.625. The van der Waals surface area contributed by atoms with Crippen LogP contribution in [0.25, 0.3) is 0 Å². The van der Waals surface area contributed by atoms with Crippen molar-refractivity contribution in [1.29, 1.82) is 0 Å². The lowest BCUT2D eigenvalue weighted by Crippen LogP contribution is -2.21. The molecule has 0 aliphatic rings. The molecule has 1 N–H and O–H groups in total. The van der Waals surface area contributed by atoms with Crippen LogP contribution in [-0.4, -0.2) is 25.5 Å². The van der Waals surface area contributed by atoms with E-state index in [9.17, 15) is 9.59 Å². The number of esters is 1. The molecular weight excluding hydrogens is 286 g/mol. The third kappa shape index (κ3) is 8.92. The van der Waals surface area contributed by atoms with E-state index < -0.39 is 0 Å². The van der Waals surface area contributed by atoms with Crippen molar-refractivity contribution in [2.24, 2.45) is 0 Å². The Balaban J connectivity index is 2.05. The summed E-state index contributed by atoms with van der Waals surface area (Å²) in [5, 5.41) is 4.60. The second-order valence-electron chi connectivity index (χ2n) is 4.41. The van der Waals surface area contributed by atoms with Crippen LogP contribution >= 0.6 is 11.8 Å². The molecule has 5 heteroatoms. The quantitative estimate of drug-likeness (QED) is 0.329.